The number of hydrogen-bond donors (Lipinski definition) is 0. The summed E-state index contributed by atoms with van der Waals surface area (Å²) in [7, 11) is 0. The van der Waals surface area contributed by atoms with Crippen LogP contribution >= 0.6 is 11.6 Å². The van der Waals surface area contributed by atoms with Gasteiger partial charge in [0.15, 0.2) is 5.78 Å². The van der Waals surface area contributed by atoms with Crippen LogP contribution in [0.1, 0.15) is 36.7 Å². The minimum absolute atomic E-state index is 0.197. The molecule has 0 bridgehead atoms. The Morgan fingerprint density at radius 2 is 2.19 bits per heavy atom. The van der Waals surface area contributed by atoms with Crippen LogP contribution in [0.4, 0.5) is 0 Å². The van der Waals surface area contributed by atoms with Crippen LogP contribution in [0.15, 0.2) is 6.20 Å². The number of carbonyl (C=O) groups is 1. The number of hydrogen-bond acceptors (Lipinski definition) is 2. The van der Waals surface area contributed by atoms with Gasteiger partial charge in [-0.15, -0.1) is 0 Å². The molecule has 0 aromatic carbocycles. The Balaban J connectivity index is 1.85. The molecule has 1 aromatic rings. The molecule has 0 N–H and O–H groups in total. The van der Waals surface area contributed by atoms with Crippen molar-refractivity contribution < 1.29 is 4.79 Å². The summed E-state index contributed by atoms with van der Waals surface area (Å²) in [6.07, 6.45) is 5.04. The molecule has 0 amide bonds. The summed E-state index contributed by atoms with van der Waals surface area (Å²) < 4.78 is 1.72. The van der Waals surface area contributed by atoms with Crippen molar-refractivity contribution in [3.8, 4) is 0 Å². The third kappa shape index (κ3) is 1.49. The van der Waals surface area contributed by atoms with E-state index in [0.29, 0.717) is 17.3 Å². The van der Waals surface area contributed by atoms with E-state index < -0.39 is 0 Å². The molecule has 4 heteroatoms. The number of ketones is 1. The molecule has 2 aliphatic rings. The first-order chi connectivity index (χ1) is 7.70. The number of fused-ring (bicyclic) bond motifs is 1. The van der Waals surface area contributed by atoms with Gasteiger partial charge in [-0.05, 0) is 38.0 Å². The van der Waals surface area contributed by atoms with E-state index in [2.05, 4.69) is 5.10 Å². The highest BCUT2D eigenvalue weighted by molar-refractivity contribution is 6.33. The smallest absolute Gasteiger partial charge is 0.185 e. The van der Waals surface area contributed by atoms with Gasteiger partial charge in [0.05, 0.1) is 11.2 Å². The van der Waals surface area contributed by atoms with E-state index in [1.54, 1.807) is 10.9 Å². The molecule has 2 saturated carbocycles. The minimum Gasteiger partial charge on any atom is -0.292 e. The first kappa shape index (κ1) is 10.3. The molecule has 1 heterocycles. The van der Waals surface area contributed by atoms with Crippen molar-refractivity contribution in [2.45, 2.75) is 32.7 Å². The van der Waals surface area contributed by atoms with E-state index in [1.165, 1.54) is 6.42 Å². The third-order valence-electron chi connectivity index (χ3n) is 3.94. The largest absolute Gasteiger partial charge is 0.292 e. The molecule has 2 fully saturated rings. The predicted molar refractivity (Wildman–Crippen MR) is 61.6 cm³/mol. The average molecular weight is 239 g/mol. The van der Waals surface area contributed by atoms with Crippen molar-refractivity contribution in [3.63, 3.8) is 0 Å². The number of nitrogens with zero attached hydrogens (tertiary/aromatic N) is 2. The highest BCUT2D eigenvalue weighted by atomic mass is 35.5. The second kappa shape index (κ2) is 3.59. The standard InChI is InChI=1S/C12H15ClN2O/c1-2-15-11(10(13)6-14-15)12(16)9-4-7-3-8(7)5-9/h6-9H,2-5H2,1H3. The van der Waals surface area contributed by atoms with E-state index in [1.807, 2.05) is 6.92 Å². The Morgan fingerprint density at radius 3 is 2.81 bits per heavy atom. The molecule has 3 rings (SSSR count). The molecule has 0 saturated heterocycles. The monoisotopic (exact) mass is 238 g/mol. The van der Waals surface area contributed by atoms with Gasteiger partial charge in [0.25, 0.3) is 0 Å². The van der Waals surface area contributed by atoms with E-state index in [-0.39, 0.29) is 11.7 Å². The molecular weight excluding hydrogens is 224 g/mol. The van der Waals surface area contributed by atoms with Crippen LogP contribution in [0, 0.1) is 17.8 Å². The highest BCUT2D eigenvalue weighted by Gasteiger charge is 2.48. The lowest BCUT2D eigenvalue weighted by molar-refractivity contribution is 0.0903. The average Bonchev–Trinajstić information content (AvgIpc) is 2.74. The molecule has 3 nitrogen and oxygen atoms in total. The number of aryl methyl sites for hydroxylation is 1. The lowest BCUT2D eigenvalue weighted by atomic mass is 9.96. The van der Waals surface area contributed by atoms with Gasteiger partial charge >= 0.3 is 0 Å². The lowest BCUT2D eigenvalue weighted by Gasteiger charge is -2.11. The maximum absolute atomic E-state index is 12.3. The molecular formula is C12H15ClN2O. The van der Waals surface area contributed by atoms with Crippen LogP contribution in [0.3, 0.4) is 0 Å². The van der Waals surface area contributed by atoms with Gasteiger partial charge in [0.1, 0.15) is 5.69 Å². The van der Waals surface area contributed by atoms with Crippen LogP contribution in [0.5, 0.6) is 0 Å². The van der Waals surface area contributed by atoms with Gasteiger partial charge in [-0.3, -0.25) is 9.48 Å². The molecule has 2 unspecified atom stereocenters. The Morgan fingerprint density at radius 1 is 1.50 bits per heavy atom. The zero-order valence-corrected chi connectivity index (χ0v) is 10.1. The fraction of sp³-hybridized carbons (Fsp3) is 0.667. The maximum Gasteiger partial charge on any atom is 0.185 e. The van der Waals surface area contributed by atoms with Crippen molar-refractivity contribution in [1.82, 2.24) is 9.78 Å². The first-order valence-corrected chi connectivity index (χ1v) is 6.34. The number of rotatable bonds is 3. The van der Waals surface area contributed by atoms with E-state index in [9.17, 15) is 4.79 Å². The van der Waals surface area contributed by atoms with E-state index >= 15 is 0 Å². The minimum atomic E-state index is 0.197. The Labute approximate surface area is 99.8 Å². The topological polar surface area (TPSA) is 34.9 Å². The van der Waals surface area contributed by atoms with E-state index in [4.69, 9.17) is 11.6 Å². The fourth-order valence-electron chi connectivity index (χ4n) is 2.97. The van der Waals surface area contributed by atoms with Gasteiger partial charge in [-0.25, -0.2) is 0 Å². The second-order valence-electron chi connectivity index (χ2n) is 4.95. The number of Topliss-reactive ketones (excluding diaryl/α,β-unsaturated/α-hetero) is 1. The summed E-state index contributed by atoms with van der Waals surface area (Å²) in [6, 6.07) is 0. The predicted octanol–water partition coefficient (Wildman–Crippen LogP) is 2.79. The molecule has 0 radical (unpaired) electrons. The second-order valence-corrected chi connectivity index (χ2v) is 5.35. The van der Waals surface area contributed by atoms with Gasteiger partial charge in [-0.1, -0.05) is 11.6 Å². The van der Waals surface area contributed by atoms with Crippen LogP contribution < -0.4 is 0 Å². The van der Waals surface area contributed by atoms with Crippen molar-refractivity contribution in [2.75, 3.05) is 0 Å². The summed E-state index contributed by atoms with van der Waals surface area (Å²) in [5, 5.41) is 4.63. The Bertz CT molecular complexity index is 430. The van der Waals surface area contributed by atoms with Crippen LogP contribution in [0.25, 0.3) is 0 Å². The summed E-state index contributed by atoms with van der Waals surface area (Å²) in [4.78, 5) is 12.3. The molecule has 2 aliphatic carbocycles. The van der Waals surface area contributed by atoms with Gasteiger partial charge in [-0.2, -0.15) is 5.10 Å². The van der Waals surface area contributed by atoms with Gasteiger partial charge in [0, 0.05) is 12.5 Å². The van der Waals surface area contributed by atoms with Crippen LogP contribution in [-0.2, 0) is 6.54 Å². The van der Waals surface area contributed by atoms with Gasteiger partial charge < -0.3 is 0 Å². The summed E-state index contributed by atoms with van der Waals surface area (Å²) >= 11 is 6.04. The van der Waals surface area contributed by atoms with E-state index in [0.717, 1.165) is 24.7 Å². The van der Waals surface area contributed by atoms with Crippen LogP contribution in [0.2, 0.25) is 5.02 Å². The fourth-order valence-corrected chi connectivity index (χ4v) is 3.20. The highest BCUT2D eigenvalue weighted by Crippen LogP contribution is 2.55. The number of halogens is 1. The zero-order chi connectivity index (χ0) is 11.3. The number of aromatic nitrogens is 2. The van der Waals surface area contributed by atoms with Crippen LogP contribution in [-0.4, -0.2) is 15.6 Å². The lowest BCUT2D eigenvalue weighted by Crippen LogP contribution is -2.18. The first-order valence-electron chi connectivity index (χ1n) is 5.96. The van der Waals surface area contributed by atoms with Crippen molar-refractivity contribution in [3.05, 3.63) is 16.9 Å². The summed E-state index contributed by atoms with van der Waals surface area (Å²) in [5.41, 5.74) is 0.621. The SMILES string of the molecule is CCn1ncc(Cl)c1C(=O)C1CC2CC2C1. The van der Waals surface area contributed by atoms with Crippen molar-refractivity contribution in [1.29, 1.82) is 0 Å². The third-order valence-corrected chi connectivity index (χ3v) is 4.22. The number of carbonyl (C=O) groups excluding carboxylic acids is 1. The molecule has 2 atom stereocenters. The van der Waals surface area contributed by atoms with Gasteiger partial charge in [0.2, 0.25) is 0 Å². The van der Waals surface area contributed by atoms with Crippen molar-refractivity contribution >= 4 is 17.4 Å². The molecule has 0 spiro atoms. The Hall–Kier alpha value is -0.830. The Kier molecular flexibility index (Phi) is 2.32. The molecule has 0 aliphatic heterocycles. The zero-order valence-electron chi connectivity index (χ0n) is 9.32. The summed E-state index contributed by atoms with van der Waals surface area (Å²) in [5.74, 6) is 2.05. The van der Waals surface area contributed by atoms with Crippen molar-refractivity contribution in [2.24, 2.45) is 17.8 Å². The quantitative estimate of drug-likeness (QED) is 0.759. The normalized spacial score (nSPS) is 31.5. The summed E-state index contributed by atoms with van der Waals surface area (Å²) in [6.45, 7) is 2.68. The molecule has 86 valence electrons. The molecule has 1 aromatic heterocycles. The maximum atomic E-state index is 12.3. The molecule has 16 heavy (non-hydrogen) atoms.